The van der Waals surface area contributed by atoms with E-state index in [1.54, 1.807) is 6.92 Å². The van der Waals surface area contributed by atoms with Crippen molar-refractivity contribution in [3.63, 3.8) is 0 Å². The lowest BCUT2D eigenvalue weighted by Gasteiger charge is -1.87. The number of nitrogens with zero attached hydrogens (tertiary/aromatic N) is 1. The lowest BCUT2D eigenvalue weighted by Crippen LogP contribution is -1.82. The SMILES string of the molecule is CCCCC=CC(C)=NO. The average Bonchev–Trinajstić information content (AvgIpc) is 1.98. The second-order valence-corrected chi connectivity index (χ2v) is 2.29. The molecule has 0 saturated heterocycles. The molecule has 0 rings (SSSR count). The molecular weight excluding hydrogens is 126 g/mol. The van der Waals surface area contributed by atoms with Crippen molar-refractivity contribution in [1.29, 1.82) is 0 Å². The summed E-state index contributed by atoms with van der Waals surface area (Å²) in [6, 6.07) is 0. The van der Waals surface area contributed by atoms with Gasteiger partial charge < -0.3 is 5.21 Å². The Morgan fingerprint density at radius 1 is 1.60 bits per heavy atom. The van der Waals surface area contributed by atoms with E-state index in [1.165, 1.54) is 12.8 Å². The van der Waals surface area contributed by atoms with E-state index in [2.05, 4.69) is 12.1 Å². The second kappa shape index (κ2) is 6.33. The normalized spacial score (nSPS) is 12.8. The second-order valence-electron chi connectivity index (χ2n) is 2.29. The number of oxime groups is 1. The summed E-state index contributed by atoms with van der Waals surface area (Å²) in [5.74, 6) is 0. The van der Waals surface area contributed by atoms with Crippen LogP contribution in [0, 0.1) is 0 Å². The Hall–Kier alpha value is -0.790. The van der Waals surface area contributed by atoms with Gasteiger partial charge in [-0.15, -0.1) is 0 Å². The predicted octanol–water partition coefficient (Wildman–Crippen LogP) is 2.58. The van der Waals surface area contributed by atoms with Crippen LogP contribution in [0.5, 0.6) is 0 Å². The van der Waals surface area contributed by atoms with E-state index < -0.39 is 0 Å². The standard InChI is InChI=1S/C8H15NO/c1-3-4-5-6-7-8(2)9-10/h6-7,10H,3-5H2,1-2H3. The third kappa shape index (κ3) is 5.35. The maximum atomic E-state index is 8.23. The monoisotopic (exact) mass is 141 g/mol. The van der Waals surface area contributed by atoms with Crippen molar-refractivity contribution in [2.24, 2.45) is 5.16 Å². The Morgan fingerprint density at radius 2 is 2.30 bits per heavy atom. The number of unbranched alkanes of at least 4 members (excludes halogenated alkanes) is 2. The van der Waals surface area contributed by atoms with Gasteiger partial charge in [-0.2, -0.15) is 0 Å². The molecule has 2 heteroatoms. The minimum atomic E-state index is 0.663. The van der Waals surface area contributed by atoms with E-state index in [-0.39, 0.29) is 0 Å². The molecule has 10 heavy (non-hydrogen) atoms. The van der Waals surface area contributed by atoms with Gasteiger partial charge in [0.05, 0.1) is 5.71 Å². The Morgan fingerprint density at radius 3 is 2.80 bits per heavy atom. The van der Waals surface area contributed by atoms with Gasteiger partial charge >= 0.3 is 0 Å². The summed E-state index contributed by atoms with van der Waals surface area (Å²) in [7, 11) is 0. The molecule has 0 radical (unpaired) electrons. The van der Waals surface area contributed by atoms with Gasteiger partial charge in [-0.1, -0.05) is 31.0 Å². The summed E-state index contributed by atoms with van der Waals surface area (Å²) < 4.78 is 0. The highest BCUT2D eigenvalue weighted by Gasteiger charge is 1.81. The van der Waals surface area contributed by atoms with Crippen molar-refractivity contribution < 1.29 is 5.21 Å². The van der Waals surface area contributed by atoms with E-state index in [4.69, 9.17) is 5.21 Å². The summed E-state index contributed by atoms with van der Waals surface area (Å²) in [4.78, 5) is 0. The zero-order valence-corrected chi connectivity index (χ0v) is 6.67. The molecule has 0 bridgehead atoms. The Bertz CT molecular complexity index is 127. The number of allylic oxidation sites excluding steroid dienone is 2. The van der Waals surface area contributed by atoms with Crippen LogP contribution in [0.2, 0.25) is 0 Å². The molecule has 0 heterocycles. The van der Waals surface area contributed by atoms with Crippen LogP contribution >= 0.6 is 0 Å². The van der Waals surface area contributed by atoms with Gasteiger partial charge in [-0.05, 0) is 19.4 Å². The summed E-state index contributed by atoms with van der Waals surface area (Å²) in [6.07, 6.45) is 7.34. The van der Waals surface area contributed by atoms with Crippen LogP contribution in [0.1, 0.15) is 33.1 Å². The fourth-order valence-corrected chi connectivity index (χ4v) is 0.609. The Balaban J connectivity index is 3.37. The number of rotatable bonds is 4. The van der Waals surface area contributed by atoms with Crippen molar-refractivity contribution in [3.05, 3.63) is 12.2 Å². The lowest BCUT2D eigenvalue weighted by molar-refractivity contribution is 0.319. The van der Waals surface area contributed by atoms with Gasteiger partial charge in [0.1, 0.15) is 0 Å². The van der Waals surface area contributed by atoms with Gasteiger partial charge in [0.25, 0.3) is 0 Å². The quantitative estimate of drug-likeness (QED) is 0.277. The van der Waals surface area contributed by atoms with Gasteiger partial charge in [-0.3, -0.25) is 0 Å². The molecule has 0 atom stereocenters. The van der Waals surface area contributed by atoms with Crippen molar-refractivity contribution in [2.45, 2.75) is 33.1 Å². The zero-order chi connectivity index (χ0) is 7.82. The lowest BCUT2D eigenvalue weighted by atomic mass is 10.2. The topological polar surface area (TPSA) is 32.6 Å². The fraction of sp³-hybridized carbons (Fsp3) is 0.625. The molecule has 0 aromatic carbocycles. The van der Waals surface area contributed by atoms with Crippen molar-refractivity contribution in [3.8, 4) is 0 Å². The molecule has 0 unspecified atom stereocenters. The first kappa shape index (κ1) is 9.21. The average molecular weight is 141 g/mol. The summed E-state index contributed by atoms with van der Waals surface area (Å²) in [5.41, 5.74) is 0.663. The predicted molar refractivity (Wildman–Crippen MR) is 43.6 cm³/mol. The zero-order valence-electron chi connectivity index (χ0n) is 6.67. The van der Waals surface area contributed by atoms with E-state index >= 15 is 0 Å². The van der Waals surface area contributed by atoms with Crippen molar-refractivity contribution in [1.82, 2.24) is 0 Å². The molecule has 0 aliphatic heterocycles. The molecule has 0 aliphatic carbocycles. The summed E-state index contributed by atoms with van der Waals surface area (Å²) in [6.45, 7) is 3.92. The van der Waals surface area contributed by atoms with E-state index in [1.807, 2.05) is 12.2 Å². The van der Waals surface area contributed by atoms with Crippen LogP contribution in [0.15, 0.2) is 17.3 Å². The third-order valence-corrected chi connectivity index (χ3v) is 1.24. The minimum Gasteiger partial charge on any atom is -0.411 e. The van der Waals surface area contributed by atoms with Crippen LogP contribution in [0.25, 0.3) is 0 Å². The number of hydrogen-bond acceptors (Lipinski definition) is 2. The highest BCUT2D eigenvalue weighted by molar-refractivity contribution is 5.92. The van der Waals surface area contributed by atoms with Gasteiger partial charge in [0.2, 0.25) is 0 Å². The largest absolute Gasteiger partial charge is 0.411 e. The smallest absolute Gasteiger partial charge is 0.0761 e. The van der Waals surface area contributed by atoms with Crippen LogP contribution in [0.4, 0.5) is 0 Å². The molecule has 1 N–H and O–H groups in total. The molecule has 58 valence electrons. The van der Waals surface area contributed by atoms with E-state index in [0.717, 1.165) is 6.42 Å². The van der Waals surface area contributed by atoms with Crippen molar-refractivity contribution >= 4 is 5.71 Å². The Kier molecular flexibility index (Phi) is 5.83. The maximum Gasteiger partial charge on any atom is 0.0761 e. The molecular formula is C8H15NO. The first-order chi connectivity index (χ1) is 4.81. The Labute approximate surface area is 62.2 Å². The van der Waals surface area contributed by atoms with Gasteiger partial charge in [0, 0.05) is 0 Å². The molecule has 2 nitrogen and oxygen atoms in total. The maximum absolute atomic E-state index is 8.23. The number of hydrogen-bond donors (Lipinski definition) is 1. The first-order valence-electron chi connectivity index (χ1n) is 3.66. The third-order valence-electron chi connectivity index (χ3n) is 1.24. The van der Waals surface area contributed by atoms with Crippen molar-refractivity contribution in [2.75, 3.05) is 0 Å². The van der Waals surface area contributed by atoms with E-state index in [9.17, 15) is 0 Å². The first-order valence-corrected chi connectivity index (χ1v) is 3.66. The molecule has 0 aromatic heterocycles. The highest BCUT2D eigenvalue weighted by atomic mass is 16.4. The molecule has 0 fully saturated rings. The van der Waals surface area contributed by atoms with Gasteiger partial charge in [0.15, 0.2) is 0 Å². The molecule has 0 aromatic rings. The summed E-state index contributed by atoms with van der Waals surface area (Å²) in [5, 5.41) is 11.2. The van der Waals surface area contributed by atoms with Crippen LogP contribution in [-0.2, 0) is 0 Å². The minimum absolute atomic E-state index is 0.663. The van der Waals surface area contributed by atoms with Crippen LogP contribution in [0.3, 0.4) is 0 Å². The molecule has 0 aliphatic rings. The van der Waals surface area contributed by atoms with E-state index in [0.29, 0.717) is 5.71 Å². The molecule has 0 spiro atoms. The van der Waals surface area contributed by atoms with Gasteiger partial charge in [-0.25, -0.2) is 0 Å². The molecule has 0 saturated carbocycles. The fourth-order valence-electron chi connectivity index (χ4n) is 0.609. The van der Waals surface area contributed by atoms with Crippen LogP contribution in [-0.4, -0.2) is 10.9 Å². The highest BCUT2D eigenvalue weighted by Crippen LogP contribution is 1.94. The van der Waals surface area contributed by atoms with Crippen LogP contribution < -0.4 is 0 Å². The summed E-state index contributed by atoms with van der Waals surface area (Å²) >= 11 is 0. The molecule has 0 amide bonds.